The Labute approximate surface area is 194 Å². The van der Waals surface area contributed by atoms with Crippen molar-refractivity contribution in [3.05, 3.63) is 80.9 Å². The van der Waals surface area contributed by atoms with Crippen LogP contribution in [0.15, 0.2) is 54.1 Å². The van der Waals surface area contributed by atoms with Crippen LogP contribution in [-0.2, 0) is 19.1 Å². The van der Waals surface area contributed by atoms with E-state index in [-0.39, 0.29) is 48.8 Å². The Balaban J connectivity index is 2.06. The minimum Gasteiger partial charge on any atom is -0.507 e. The summed E-state index contributed by atoms with van der Waals surface area (Å²) in [5, 5.41) is 30.8. The number of rotatable bonds is 9. The third kappa shape index (κ3) is 4.95. The Morgan fingerprint density at radius 2 is 1.68 bits per heavy atom. The number of carbonyl (C=O) groups excluding carboxylic acids is 3. The van der Waals surface area contributed by atoms with Gasteiger partial charge in [-0.3, -0.25) is 19.7 Å². The molecule has 34 heavy (non-hydrogen) atoms. The fourth-order valence-corrected chi connectivity index (χ4v) is 3.60. The molecule has 11 nitrogen and oxygen atoms in total. The lowest BCUT2D eigenvalue weighted by atomic mass is 9.94. The highest BCUT2D eigenvalue weighted by atomic mass is 16.6. The molecule has 1 saturated heterocycles. The second kappa shape index (κ2) is 10.7. The number of aliphatic hydroxyl groups excluding tert-OH is 2. The number of methoxy groups -OCH3 is 1. The van der Waals surface area contributed by atoms with Crippen LogP contribution in [0.25, 0.3) is 5.76 Å². The summed E-state index contributed by atoms with van der Waals surface area (Å²) in [6.45, 7) is -0.143. The first-order chi connectivity index (χ1) is 16.3. The van der Waals surface area contributed by atoms with Crippen molar-refractivity contribution in [2.45, 2.75) is 6.04 Å². The average Bonchev–Trinajstić information content (AvgIpc) is 3.10. The number of hydrogen-bond donors (Lipinski definition) is 2. The number of aliphatic hydroxyl groups is 2. The van der Waals surface area contributed by atoms with Crippen LogP contribution in [0.5, 0.6) is 0 Å². The third-order valence-electron chi connectivity index (χ3n) is 5.25. The Bertz CT molecular complexity index is 1120. The average molecular weight is 470 g/mol. The molecule has 2 aromatic rings. The Morgan fingerprint density at radius 1 is 1.06 bits per heavy atom. The Kier molecular flexibility index (Phi) is 7.71. The summed E-state index contributed by atoms with van der Waals surface area (Å²) in [6, 6.07) is 9.92. The molecule has 2 aromatic carbocycles. The highest BCUT2D eigenvalue weighted by Crippen LogP contribution is 2.39. The summed E-state index contributed by atoms with van der Waals surface area (Å²) in [7, 11) is 1.24. The molecule has 1 amide bonds. The summed E-state index contributed by atoms with van der Waals surface area (Å²) in [6.07, 6.45) is 0. The van der Waals surface area contributed by atoms with E-state index >= 15 is 0 Å². The maximum absolute atomic E-state index is 12.9. The van der Waals surface area contributed by atoms with Gasteiger partial charge in [-0.05, 0) is 29.8 Å². The molecule has 0 saturated carbocycles. The zero-order chi connectivity index (χ0) is 24.8. The van der Waals surface area contributed by atoms with E-state index in [4.69, 9.17) is 9.84 Å². The van der Waals surface area contributed by atoms with Crippen molar-refractivity contribution in [1.29, 1.82) is 0 Å². The van der Waals surface area contributed by atoms with Gasteiger partial charge in [0.1, 0.15) is 5.76 Å². The molecule has 1 heterocycles. The highest BCUT2D eigenvalue weighted by Gasteiger charge is 2.45. The zero-order valence-electron chi connectivity index (χ0n) is 18.2. The number of benzene rings is 2. The molecule has 1 unspecified atom stereocenters. The summed E-state index contributed by atoms with van der Waals surface area (Å²) in [5.41, 5.74) is 0.415. The number of non-ortho nitro benzene ring substituents is 1. The molecule has 1 atom stereocenters. The molecule has 178 valence electrons. The molecule has 0 spiro atoms. The van der Waals surface area contributed by atoms with E-state index in [1.165, 1.54) is 60.5 Å². The minimum atomic E-state index is -1.00. The van der Waals surface area contributed by atoms with Crippen molar-refractivity contribution in [3.63, 3.8) is 0 Å². The number of Topliss-reactive ketones (excluding diaryl/α,β-unsaturated/α-hetero) is 1. The largest absolute Gasteiger partial charge is 0.507 e. The van der Waals surface area contributed by atoms with Crippen LogP contribution in [0.1, 0.15) is 27.5 Å². The predicted molar refractivity (Wildman–Crippen MR) is 118 cm³/mol. The van der Waals surface area contributed by atoms with Gasteiger partial charge in [-0.25, -0.2) is 4.79 Å². The molecule has 0 aromatic heterocycles. The second-order valence-electron chi connectivity index (χ2n) is 7.25. The highest BCUT2D eigenvalue weighted by molar-refractivity contribution is 6.46. The van der Waals surface area contributed by atoms with Crippen molar-refractivity contribution >= 4 is 29.1 Å². The number of hydrogen-bond acceptors (Lipinski definition) is 9. The number of nitro groups is 1. The minimum absolute atomic E-state index is 0.00889. The van der Waals surface area contributed by atoms with Gasteiger partial charge in [-0.2, -0.15) is 0 Å². The molecule has 1 aliphatic heterocycles. The fourth-order valence-electron chi connectivity index (χ4n) is 3.60. The van der Waals surface area contributed by atoms with Gasteiger partial charge in [0, 0.05) is 24.2 Å². The first-order valence-corrected chi connectivity index (χ1v) is 10.2. The van der Waals surface area contributed by atoms with Crippen LogP contribution < -0.4 is 0 Å². The molecule has 2 N–H and O–H groups in total. The molecular weight excluding hydrogens is 448 g/mol. The van der Waals surface area contributed by atoms with Gasteiger partial charge in [0.25, 0.3) is 17.4 Å². The van der Waals surface area contributed by atoms with Crippen LogP contribution in [0.2, 0.25) is 0 Å². The quantitative estimate of drug-likeness (QED) is 0.106. The van der Waals surface area contributed by atoms with Gasteiger partial charge in [0.2, 0.25) is 0 Å². The van der Waals surface area contributed by atoms with E-state index < -0.39 is 34.4 Å². The van der Waals surface area contributed by atoms with Crippen molar-refractivity contribution in [3.8, 4) is 0 Å². The van der Waals surface area contributed by atoms with Gasteiger partial charge in [0.05, 0.1) is 49.0 Å². The SMILES string of the molecule is COC(=O)c1ccc(C2/C(=C(\O)c3ccc([N+](=O)[O-])cc3)C(=O)C(=O)N2CCOCCO)cc1. The second-order valence-corrected chi connectivity index (χ2v) is 7.25. The summed E-state index contributed by atoms with van der Waals surface area (Å²) >= 11 is 0. The van der Waals surface area contributed by atoms with Crippen molar-refractivity contribution in [1.82, 2.24) is 4.90 Å². The molecule has 0 bridgehead atoms. The van der Waals surface area contributed by atoms with Crippen LogP contribution in [-0.4, -0.2) is 71.2 Å². The summed E-state index contributed by atoms with van der Waals surface area (Å²) in [5.74, 6) is -2.85. The van der Waals surface area contributed by atoms with Crippen LogP contribution in [0.4, 0.5) is 5.69 Å². The molecular formula is C23H22N2O9. The number of nitro benzene ring substituents is 1. The topological polar surface area (TPSA) is 157 Å². The maximum Gasteiger partial charge on any atom is 0.337 e. The standard InChI is InChI=1S/C23H22N2O9/c1-33-23(30)16-4-2-14(3-5-16)19-18(20(27)15-6-8-17(9-7-15)25(31)32)21(28)22(29)24(19)10-12-34-13-11-26/h2-9,19,26-27H,10-13H2,1H3/b20-18+. The Morgan fingerprint density at radius 3 is 2.24 bits per heavy atom. The fraction of sp³-hybridized carbons (Fsp3) is 0.261. The van der Waals surface area contributed by atoms with E-state index in [2.05, 4.69) is 4.74 Å². The van der Waals surface area contributed by atoms with Gasteiger partial charge in [-0.15, -0.1) is 0 Å². The number of ketones is 1. The van der Waals surface area contributed by atoms with E-state index in [1.807, 2.05) is 0 Å². The van der Waals surface area contributed by atoms with Gasteiger partial charge in [0.15, 0.2) is 0 Å². The lowest BCUT2D eigenvalue weighted by Gasteiger charge is -2.25. The van der Waals surface area contributed by atoms with Crippen LogP contribution in [0, 0.1) is 10.1 Å². The van der Waals surface area contributed by atoms with Crippen molar-refractivity contribution in [2.24, 2.45) is 0 Å². The van der Waals surface area contributed by atoms with Gasteiger partial charge in [-0.1, -0.05) is 12.1 Å². The van der Waals surface area contributed by atoms with Gasteiger partial charge >= 0.3 is 5.97 Å². The van der Waals surface area contributed by atoms with Crippen molar-refractivity contribution < 1.29 is 39.0 Å². The summed E-state index contributed by atoms with van der Waals surface area (Å²) < 4.78 is 9.92. The number of amides is 1. The normalized spacial score (nSPS) is 17.1. The lowest BCUT2D eigenvalue weighted by molar-refractivity contribution is -0.384. The van der Waals surface area contributed by atoms with E-state index in [1.54, 1.807) is 0 Å². The molecule has 0 radical (unpaired) electrons. The maximum atomic E-state index is 12.9. The molecule has 11 heteroatoms. The van der Waals surface area contributed by atoms with Crippen molar-refractivity contribution in [2.75, 3.05) is 33.5 Å². The number of esters is 1. The molecule has 1 aliphatic rings. The first kappa shape index (κ1) is 24.6. The molecule has 3 rings (SSSR count). The number of ether oxygens (including phenoxy) is 2. The third-order valence-corrected chi connectivity index (χ3v) is 5.25. The first-order valence-electron chi connectivity index (χ1n) is 10.2. The Hall–Kier alpha value is -4.09. The molecule has 1 fully saturated rings. The predicted octanol–water partition coefficient (Wildman–Crippen LogP) is 1.81. The lowest BCUT2D eigenvalue weighted by Crippen LogP contribution is -2.33. The van der Waals surface area contributed by atoms with Crippen LogP contribution in [0.3, 0.4) is 0 Å². The van der Waals surface area contributed by atoms with Gasteiger partial charge < -0.3 is 24.6 Å². The van der Waals surface area contributed by atoms with E-state index in [0.717, 1.165) is 0 Å². The number of carbonyl (C=O) groups is 3. The van der Waals surface area contributed by atoms with E-state index in [9.17, 15) is 29.6 Å². The number of nitrogens with zero attached hydrogens (tertiary/aromatic N) is 2. The van der Waals surface area contributed by atoms with Crippen LogP contribution >= 0.6 is 0 Å². The molecule has 0 aliphatic carbocycles. The monoisotopic (exact) mass is 470 g/mol. The zero-order valence-corrected chi connectivity index (χ0v) is 18.2. The number of likely N-dealkylation sites (tertiary alicyclic amines) is 1. The van der Waals surface area contributed by atoms with E-state index in [0.29, 0.717) is 5.56 Å². The summed E-state index contributed by atoms with van der Waals surface area (Å²) in [4.78, 5) is 49.1. The smallest absolute Gasteiger partial charge is 0.337 e.